The number of hydrogen-bond acceptors (Lipinski definition) is 7. The highest BCUT2D eigenvalue weighted by molar-refractivity contribution is 5.68. The predicted molar refractivity (Wildman–Crippen MR) is 78.0 cm³/mol. The third kappa shape index (κ3) is 3.03. The topological polar surface area (TPSA) is 147 Å². The molecule has 0 fully saturated rings. The van der Waals surface area contributed by atoms with Crippen LogP contribution in [0.1, 0.15) is 17.0 Å². The lowest BCUT2D eigenvalue weighted by molar-refractivity contribution is -0.394. The summed E-state index contributed by atoms with van der Waals surface area (Å²) in [6, 6.07) is 0.231. The van der Waals surface area contributed by atoms with Gasteiger partial charge >= 0.3 is 23.2 Å². The lowest BCUT2D eigenvalue weighted by Crippen LogP contribution is -2.12. The Morgan fingerprint density at radius 2 is 1.42 bits per heavy atom. The number of aromatic nitrogens is 2. The van der Waals surface area contributed by atoms with Crippen LogP contribution in [0.3, 0.4) is 0 Å². The van der Waals surface area contributed by atoms with Crippen molar-refractivity contribution in [1.82, 2.24) is 9.78 Å². The van der Waals surface area contributed by atoms with Gasteiger partial charge in [-0.25, -0.2) is 4.68 Å². The summed E-state index contributed by atoms with van der Waals surface area (Å²) in [7, 11) is 0. The minimum Gasteiger partial charge on any atom is -0.258 e. The van der Waals surface area contributed by atoms with Crippen LogP contribution >= 0.6 is 0 Å². The van der Waals surface area contributed by atoms with Gasteiger partial charge in [-0.3, -0.25) is 30.3 Å². The molecule has 138 valence electrons. The molecule has 1 aromatic carbocycles. The van der Waals surface area contributed by atoms with E-state index in [-0.39, 0.29) is 23.5 Å². The van der Waals surface area contributed by atoms with Gasteiger partial charge in [-0.1, -0.05) is 0 Å². The summed E-state index contributed by atoms with van der Waals surface area (Å²) >= 11 is 0. The number of nitro groups is 3. The van der Waals surface area contributed by atoms with Crippen LogP contribution < -0.4 is 0 Å². The van der Waals surface area contributed by atoms with Gasteiger partial charge in [0, 0.05) is 12.1 Å². The first-order valence-corrected chi connectivity index (χ1v) is 6.61. The molecule has 0 aliphatic rings. The number of benzene rings is 1. The SMILES string of the molecule is Cc1nn(-c2c([N+](=O)[O-])cc(C(F)(F)F)cc2[N+](=O)[O-])c(C)c1[N+](=O)[O-]. The van der Waals surface area contributed by atoms with Crippen LogP contribution in [0.15, 0.2) is 12.1 Å². The van der Waals surface area contributed by atoms with Crippen molar-refractivity contribution in [3.63, 3.8) is 0 Å². The summed E-state index contributed by atoms with van der Waals surface area (Å²) < 4.78 is 39.2. The van der Waals surface area contributed by atoms with E-state index in [2.05, 4.69) is 5.10 Å². The number of nitrogens with zero attached hydrogens (tertiary/aromatic N) is 5. The Hall–Kier alpha value is -3.58. The quantitative estimate of drug-likeness (QED) is 0.588. The smallest absolute Gasteiger partial charge is 0.258 e. The van der Waals surface area contributed by atoms with Gasteiger partial charge < -0.3 is 0 Å². The van der Waals surface area contributed by atoms with Crippen LogP contribution in [0.5, 0.6) is 0 Å². The maximum Gasteiger partial charge on any atom is 0.416 e. The molecule has 0 N–H and O–H groups in total. The van der Waals surface area contributed by atoms with E-state index in [1.807, 2.05) is 0 Å². The van der Waals surface area contributed by atoms with Gasteiger partial charge in [-0.2, -0.15) is 18.3 Å². The van der Waals surface area contributed by atoms with E-state index in [1.54, 1.807) is 0 Å². The Kier molecular flexibility index (Phi) is 4.36. The van der Waals surface area contributed by atoms with Crippen LogP contribution in [-0.4, -0.2) is 24.6 Å². The van der Waals surface area contributed by atoms with E-state index in [1.165, 1.54) is 6.92 Å². The predicted octanol–water partition coefficient (Wildman–Crippen LogP) is 3.23. The summed E-state index contributed by atoms with van der Waals surface area (Å²) in [6.07, 6.45) is -5.07. The van der Waals surface area contributed by atoms with E-state index < -0.39 is 49.3 Å². The maximum atomic E-state index is 12.9. The number of alkyl halides is 3. The van der Waals surface area contributed by atoms with Crippen molar-refractivity contribution in [2.75, 3.05) is 0 Å². The minimum absolute atomic E-state index is 0.116. The Morgan fingerprint density at radius 1 is 0.962 bits per heavy atom. The fourth-order valence-corrected chi connectivity index (χ4v) is 2.38. The molecule has 0 aliphatic heterocycles. The molecule has 0 saturated heterocycles. The number of hydrogen-bond donors (Lipinski definition) is 0. The summed E-state index contributed by atoms with van der Waals surface area (Å²) in [5, 5.41) is 37.2. The van der Waals surface area contributed by atoms with E-state index in [9.17, 15) is 43.5 Å². The highest BCUT2D eigenvalue weighted by atomic mass is 19.4. The van der Waals surface area contributed by atoms with Crippen molar-refractivity contribution in [2.45, 2.75) is 20.0 Å². The second-order valence-corrected chi connectivity index (χ2v) is 5.06. The van der Waals surface area contributed by atoms with E-state index in [0.717, 1.165) is 6.92 Å². The van der Waals surface area contributed by atoms with Gasteiger partial charge in [-0.15, -0.1) is 0 Å². The van der Waals surface area contributed by atoms with Crippen molar-refractivity contribution in [3.05, 3.63) is 59.4 Å². The third-order valence-corrected chi connectivity index (χ3v) is 3.44. The monoisotopic (exact) mass is 375 g/mol. The first-order valence-electron chi connectivity index (χ1n) is 6.61. The van der Waals surface area contributed by atoms with Gasteiger partial charge in [0.1, 0.15) is 11.4 Å². The van der Waals surface area contributed by atoms with E-state index in [4.69, 9.17) is 0 Å². The van der Waals surface area contributed by atoms with E-state index in [0.29, 0.717) is 4.68 Å². The average Bonchev–Trinajstić information content (AvgIpc) is 2.79. The molecule has 0 unspecified atom stereocenters. The molecule has 11 nitrogen and oxygen atoms in total. The highest BCUT2D eigenvalue weighted by Gasteiger charge is 2.39. The molecule has 0 amide bonds. The van der Waals surface area contributed by atoms with Gasteiger partial charge in [-0.05, 0) is 13.8 Å². The Balaban J connectivity index is 2.97. The van der Waals surface area contributed by atoms with Crippen molar-refractivity contribution in [1.29, 1.82) is 0 Å². The molecule has 0 radical (unpaired) electrons. The van der Waals surface area contributed by atoms with Gasteiger partial charge in [0.25, 0.3) is 0 Å². The fourth-order valence-electron chi connectivity index (χ4n) is 2.38. The zero-order chi connectivity index (χ0) is 20.0. The Bertz CT molecular complexity index is 917. The molecule has 0 spiro atoms. The maximum absolute atomic E-state index is 12.9. The summed E-state index contributed by atoms with van der Waals surface area (Å²) in [6.45, 7) is 2.30. The molecule has 0 saturated carbocycles. The number of aryl methyl sites for hydroxylation is 1. The Morgan fingerprint density at radius 3 is 1.73 bits per heavy atom. The van der Waals surface area contributed by atoms with Crippen molar-refractivity contribution < 1.29 is 27.9 Å². The molecule has 26 heavy (non-hydrogen) atoms. The van der Waals surface area contributed by atoms with Crippen LogP contribution in [0.25, 0.3) is 5.69 Å². The molecular weight excluding hydrogens is 367 g/mol. The first kappa shape index (κ1) is 18.8. The van der Waals surface area contributed by atoms with Crippen LogP contribution in [0.4, 0.5) is 30.2 Å². The number of rotatable bonds is 4. The molecule has 0 atom stereocenters. The summed E-state index contributed by atoms with van der Waals surface area (Å²) in [5.74, 6) is 0. The molecule has 1 heterocycles. The van der Waals surface area contributed by atoms with Gasteiger partial charge in [0.05, 0.1) is 20.3 Å². The molecule has 2 rings (SSSR count). The highest BCUT2D eigenvalue weighted by Crippen LogP contribution is 2.41. The second-order valence-electron chi connectivity index (χ2n) is 5.06. The number of halogens is 3. The lowest BCUT2D eigenvalue weighted by atomic mass is 10.1. The number of nitro benzene ring substituents is 2. The molecule has 0 aliphatic carbocycles. The summed E-state index contributed by atoms with van der Waals surface area (Å²) in [4.78, 5) is 30.1. The fraction of sp³-hybridized carbons (Fsp3) is 0.250. The summed E-state index contributed by atoms with van der Waals surface area (Å²) in [5.41, 5.74) is -6.10. The average molecular weight is 375 g/mol. The van der Waals surface area contributed by atoms with Gasteiger partial charge in [0.2, 0.25) is 5.69 Å². The minimum atomic E-state index is -5.07. The second kappa shape index (κ2) is 6.05. The van der Waals surface area contributed by atoms with Crippen LogP contribution in [0, 0.1) is 44.2 Å². The molecular formula is C12H8F3N5O6. The van der Waals surface area contributed by atoms with Gasteiger partial charge in [0.15, 0.2) is 0 Å². The zero-order valence-electron chi connectivity index (χ0n) is 13.0. The van der Waals surface area contributed by atoms with Crippen molar-refractivity contribution in [2.24, 2.45) is 0 Å². The Labute approximate surface area is 141 Å². The van der Waals surface area contributed by atoms with Crippen LogP contribution in [0.2, 0.25) is 0 Å². The first-order chi connectivity index (χ1) is 11.9. The molecule has 14 heteroatoms. The van der Waals surface area contributed by atoms with Crippen LogP contribution in [-0.2, 0) is 6.18 Å². The zero-order valence-corrected chi connectivity index (χ0v) is 13.0. The van der Waals surface area contributed by atoms with E-state index >= 15 is 0 Å². The normalized spacial score (nSPS) is 11.4. The molecule has 1 aromatic heterocycles. The molecule has 0 bridgehead atoms. The molecule has 2 aromatic rings. The third-order valence-electron chi connectivity index (χ3n) is 3.44. The van der Waals surface area contributed by atoms with Crippen molar-refractivity contribution >= 4 is 17.1 Å². The largest absolute Gasteiger partial charge is 0.416 e. The lowest BCUT2D eigenvalue weighted by Gasteiger charge is -2.10. The van der Waals surface area contributed by atoms with Crippen molar-refractivity contribution in [3.8, 4) is 5.69 Å². The standard InChI is InChI=1S/C12H8F3N5O6/c1-5-10(20(25)26)6(2)17(16-5)11-8(18(21)22)3-7(12(13,14)15)4-9(11)19(23)24/h3-4H,1-2H3.